The zero-order valence-corrected chi connectivity index (χ0v) is 12.9. The van der Waals surface area contributed by atoms with E-state index in [1.54, 1.807) is 7.11 Å². The molecule has 0 unspecified atom stereocenters. The molecule has 0 saturated carbocycles. The molecule has 0 aliphatic heterocycles. The van der Waals surface area contributed by atoms with Crippen LogP contribution < -0.4 is 15.4 Å². The van der Waals surface area contributed by atoms with Gasteiger partial charge >= 0.3 is 0 Å². The summed E-state index contributed by atoms with van der Waals surface area (Å²) in [6.45, 7) is 2.15. The second-order valence-corrected chi connectivity index (χ2v) is 4.95. The van der Waals surface area contributed by atoms with Gasteiger partial charge in [0.25, 0.3) is 0 Å². The average molecular weight is 294 g/mol. The Balaban J connectivity index is 2.29. The number of thiocarbonyl (C=S) groups is 1. The van der Waals surface area contributed by atoms with Crippen molar-refractivity contribution in [1.29, 1.82) is 0 Å². The summed E-state index contributed by atoms with van der Waals surface area (Å²) in [4.78, 5) is 11.6. The number of hydrogen-bond donors (Lipinski definition) is 2. The molecule has 0 fully saturated rings. The van der Waals surface area contributed by atoms with E-state index in [9.17, 15) is 4.79 Å². The Labute approximate surface area is 125 Å². The molecule has 2 N–H and O–H groups in total. The molecule has 110 valence electrons. The standard InChI is InChI=1S/C15H22N2O2S/c1-3-4-5-6-7-14(18)17-15(20)16-12-8-10-13(19-2)11-9-12/h8-11H,3-7H2,1-2H3,(H2,16,17,18,20). The van der Waals surface area contributed by atoms with Crippen LogP contribution in [0.15, 0.2) is 24.3 Å². The van der Waals surface area contributed by atoms with Crippen LogP contribution in [0.3, 0.4) is 0 Å². The van der Waals surface area contributed by atoms with E-state index >= 15 is 0 Å². The molecule has 1 aromatic rings. The second-order valence-electron chi connectivity index (χ2n) is 4.54. The lowest BCUT2D eigenvalue weighted by Gasteiger charge is -2.10. The predicted octanol–water partition coefficient (Wildman–Crippen LogP) is 3.48. The van der Waals surface area contributed by atoms with Crippen LogP contribution in [0.1, 0.15) is 39.0 Å². The van der Waals surface area contributed by atoms with Gasteiger partial charge in [0.2, 0.25) is 5.91 Å². The van der Waals surface area contributed by atoms with Crippen LogP contribution >= 0.6 is 12.2 Å². The first-order chi connectivity index (χ1) is 9.65. The fourth-order valence-corrected chi connectivity index (χ4v) is 1.97. The first-order valence-electron chi connectivity index (χ1n) is 6.90. The smallest absolute Gasteiger partial charge is 0.226 e. The van der Waals surface area contributed by atoms with Gasteiger partial charge < -0.3 is 15.4 Å². The van der Waals surface area contributed by atoms with Gasteiger partial charge in [-0.15, -0.1) is 0 Å². The van der Waals surface area contributed by atoms with Crippen LogP contribution in [0.5, 0.6) is 5.75 Å². The summed E-state index contributed by atoms with van der Waals surface area (Å²) in [5, 5.41) is 5.98. The molecule has 0 spiro atoms. The lowest BCUT2D eigenvalue weighted by molar-refractivity contribution is -0.119. The van der Waals surface area contributed by atoms with Crippen molar-refractivity contribution in [2.45, 2.75) is 39.0 Å². The molecule has 0 saturated heterocycles. The van der Waals surface area contributed by atoms with Crippen LogP contribution in [0.4, 0.5) is 5.69 Å². The number of benzene rings is 1. The van der Waals surface area contributed by atoms with Gasteiger partial charge in [0, 0.05) is 12.1 Å². The molecule has 0 aliphatic rings. The van der Waals surface area contributed by atoms with E-state index in [0.29, 0.717) is 11.5 Å². The average Bonchev–Trinajstić information content (AvgIpc) is 2.44. The van der Waals surface area contributed by atoms with Gasteiger partial charge in [0.15, 0.2) is 5.11 Å². The van der Waals surface area contributed by atoms with E-state index in [4.69, 9.17) is 17.0 Å². The van der Waals surface area contributed by atoms with E-state index in [0.717, 1.165) is 24.3 Å². The lowest BCUT2D eigenvalue weighted by Crippen LogP contribution is -2.33. The highest BCUT2D eigenvalue weighted by atomic mass is 32.1. The Hall–Kier alpha value is -1.62. The van der Waals surface area contributed by atoms with Crippen molar-refractivity contribution in [3.63, 3.8) is 0 Å². The van der Waals surface area contributed by atoms with Crippen molar-refractivity contribution in [2.75, 3.05) is 12.4 Å². The molecule has 20 heavy (non-hydrogen) atoms. The van der Waals surface area contributed by atoms with Crippen molar-refractivity contribution in [3.05, 3.63) is 24.3 Å². The van der Waals surface area contributed by atoms with Crippen molar-refractivity contribution < 1.29 is 9.53 Å². The van der Waals surface area contributed by atoms with Gasteiger partial charge in [-0.25, -0.2) is 0 Å². The van der Waals surface area contributed by atoms with Crippen LogP contribution in [0, 0.1) is 0 Å². The topological polar surface area (TPSA) is 50.4 Å². The molecule has 0 heterocycles. The minimum atomic E-state index is -0.0351. The highest BCUT2D eigenvalue weighted by Gasteiger charge is 2.04. The van der Waals surface area contributed by atoms with E-state index < -0.39 is 0 Å². The molecule has 5 heteroatoms. The highest BCUT2D eigenvalue weighted by Crippen LogP contribution is 2.14. The van der Waals surface area contributed by atoms with Gasteiger partial charge in [0.1, 0.15) is 5.75 Å². The molecule has 0 radical (unpaired) electrons. The second kappa shape index (κ2) is 9.31. The fraction of sp³-hybridized carbons (Fsp3) is 0.467. The lowest BCUT2D eigenvalue weighted by atomic mass is 10.1. The molecular weight excluding hydrogens is 272 g/mol. The van der Waals surface area contributed by atoms with Crippen molar-refractivity contribution in [1.82, 2.24) is 5.32 Å². The molecule has 4 nitrogen and oxygen atoms in total. The summed E-state index contributed by atoms with van der Waals surface area (Å²) in [7, 11) is 1.62. The Morgan fingerprint density at radius 1 is 1.20 bits per heavy atom. The summed E-state index contributed by atoms with van der Waals surface area (Å²) < 4.78 is 5.07. The van der Waals surface area contributed by atoms with Crippen molar-refractivity contribution >= 4 is 28.9 Å². The molecule has 1 amide bonds. The maximum absolute atomic E-state index is 11.6. The minimum Gasteiger partial charge on any atom is -0.497 e. The third kappa shape index (κ3) is 6.52. The number of carbonyl (C=O) groups is 1. The quantitative estimate of drug-likeness (QED) is 0.597. The molecule has 0 bridgehead atoms. The summed E-state index contributed by atoms with van der Waals surface area (Å²) in [6.07, 6.45) is 4.85. The molecule has 1 rings (SSSR count). The minimum absolute atomic E-state index is 0.0351. The van der Waals surface area contributed by atoms with Gasteiger partial charge in [-0.3, -0.25) is 4.79 Å². The summed E-state index contributed by atoms with van der Waals surface area (Å²) in [6, 6.07) is 7.35. The summed E-state index contributed by atoms with van der Waals surface area (Å²) in [5.41, 5.74) is 0.821. The fourth-order valence-electron chi connectivity index (χ4n) is 1.74. The number of unbranched alkanes of at least 4 members (excludes halogenated alkanes) is 3. The van der Waals surface area contributed by atoms with Crippen LogP contribution in [0.25, 0.3) is 0 Å². The monoisotopic (exact) mass is 294 g/mol. The van der Waals surface area contributed by atoms with E-state index in [1.165, 1.54) is 12.8 Å². The normalized spacial score (nSPS) is 9.90. The van der Waals surface area contributed by atoms with Gasteiger partial charge in [-0.2, -0.15) is 0 Å². The Morgan fingerprint density at radius 2 is 1.90 bits per heavy atom. The number of amides is 1. The third-order valence-corrected chi connectivity index (χ3v) is 3.06. The van der Waals surface area contributed by atoms with E-state index in [-0.39, 0.29) is 5.91 Å². The number of anilines is 1. The maximum atomic E-state index is 11.6. The first kappa shape index (κ1) is 16.4. The maximum Gasteiger partial charge on any atom is 0.226 e. The number of hydrogen-bond acceptors (Lipinski definition) is 3. The summed E-state index contributed by atoms with van der Waals surface area (Å²) in [5.74, 6) is 0.744. The highest BCUT2D eigenvalue weighted by molar-refractivity contribution is 7.80. The van der Waals surface area contributed by atoms with Crippen molar-refractivity contribution in [2.24, 2.45) is 0 Å². The SMILES string of the molecule is CCCCCCC(=O)NC(=S)Nc1ccc(OC)cc1. The molecular formula is C15H22N2O2S. The van der Waals surface area contributed by atoms with Crippen LogP contribution in [0.2, 0.25) is 0 Å². The number of carbonyl (C=O) groups excluding carboxylic acids is 1. The number of ether oxygens (including phenoxy) is 1. The molecule has 1 aromatic carbocycles. The van der Waals surface area contributed by atoms with Crippen LogP contribution in [-0.4, -0.2) is 18.1 Å². The Kier molecular flexibility index (Phi) is 7.65. The number of rotatable bonds is 7. The summed E-state index contributed by atoms with van der Waals surface area (Å²) >= 11 is 5.10. The molecule has 0 atom stereocenters. The Bertz CT molecular complexity index is 432. The zero-order chi connectivity index (χ0) is 14.8. The largest absolute Gasteiger partial charge is 0.497 e. The van der Waals surface area contributed by atoms with Gasteiger partial charge in [-0.05, 0) is 42.9 Å². The van der Waals surface area contributed by atoms with Crippen molar-refractivity contribution in [3.8, 4) is 5.75 Å². The Morgan fingerprint density at radius 3 is 2.50 bits per heavy atom. The predicted molar refractivity (Wildman–Crippen MR) is 86.1 cm³/mol. The zero-order valence-electron chi connectivity index (χ0n) is 12.1. The van der Waals surface area contributed by atoms with E-state index in [2.05, 4.69) is 17.6 Å². The number of methoxy groups -OCH3 is 1. The third-order valence-electron chi connectivity index (χ3n) is 2.86. The molecule has 0 aromatic heterocycles. The first-order valence-corrected chi connectivity index (χ1v) is 7.31. The van der Waals surface area contributed by atoms with E-state index in [1.807, 2.05) is 24.3 Å². The molecule has 0 aliphatic carbocycles. The number of nitrogens with one attached hydrogen (secondary N) is 2. The van der Waals surface area contributed by atoms with Gasteiger partial charge in [0.05, 0.1) is 7.11 Å². The van der Waals surface area contributed by atoms with Crippen LogP contribution in [-0.2, 0) is 4.79 Å². The van der Waals surface area contributed by atoms with Gasteiger partial charge in [-0.1, -0.05) is 26.2 Å².